The second-order valence-electron chi connectivity index (χ2n) is 2.58. The van der Waals surface area contributed by atoms with Crippen molar-refractivity contribution in [1.29, 1.82) is 0 Å². The summed E-state index contributed by atoms with van der Waals surface area (Å²) in [5, 5.41) is -0.320. The Hall–Kier alpha value is -1.43. The van der Waals surface area contributed by atoms with Gasteiger partial charge in [-0.1, -0.05) is 11.6 Å². The number of anilines is 1. The topological polar surface area (TPSA) is 65.2 Å². The van der Waals surface area contributed by atoms with E-state index in [0.717, 1.165) is 13.3 Å². The molecule has 0 saturated carbocycles. The number of methoxy groups -OCH3 is 1. The van der Waals surface area contributed by atoms with E-state index < -0.39 is 23.5 Å². The van der Waals surface area contributed by atoms with Crippen molar-refractivity contribution in [3.63, 3.8) is 0 Å². The van der Waals surface area contributed by atoms with E-state index in [-0.39, 0.29) is 10.8 Å². The van der Waals surface area contributed by atoms with Crippen LogP contribution in [0.3, 0.4) is 0 Å². The van der Waals surface area contributed by atoms with Gasteiger partial charge in [-0.15, -0.1) is 0 Å². The highest BCUT2D eigenvalue weighted by Crippen LogP contribution is 2.31. The van der Waals surface area contributed by atoms with Crippen LogP contribution in [0, 0.1) is 0 Å². The van der Waals surface area contributed by atoms with Gasteiger partial charge in [-0.2, -0.15) is 0 Å². The first-order valence-electron chi connectivity index (χ1n) is 3.79. The molecule has 7 heteroatoms. The van der Waals surface area contributed by atoms with E-state index in [0.29, 0.717) is 0 Å². The Morgan fingerprint density at radius 3 is 2.73 bits per heavy atom. The number of nitrogens with two attached hydrogens (primary N) is 1. The number of carbonyl (C=O) groups is 1. The summed E-state index contributed by atoms with van der Waals surface area (Å²) in [7, 11) is 1.06. The number of pyridine rings is 1. The Bertz CT molecular complexity index is 398. The van der Waals surface area contributed by atoms with Gasteiger partial charge in [0.1, 0.15) is 5.82 Å². The van der Waals surface area contributed by atoms with Crippen LogP contribution < -0.4 is 5.73 Å². The number of carbonyl (C=O) groups excluding carboxylic acids is 1. The molecule has 1 rings (SSSR count). The first-order valence-corrected chi connectivity index (χ1v) is 4.17. The smallest absolute Gasteiger partial charge is 0.340 e. The monoisotopic (exact) mass is 236 g/mol. The van der Waals surface area contributed by atoms with Crippen LogP contribution in [0.15, 0.2) is 6.20 Å². The van der Waals surface area contributed by atoms with E-state index >= 15 is 0 Å². The van der Waals surface area contributed by atoms with E-state index in [1.54, 1.807) is 0 Å². The number of aromatic nitrogens is 1. The first kappa shape index (κ1) is 11.6. The molecule has 15 heavy (non-hydrogen) atoms. The van der Waals surface area contributed by atoms with Crippen LogP contribution in [-0.2, 0) is 4.74 Å². The third kappa shape index (κ3) is 2.15. The molecule has 0 amide bonds. The zero-order chi connectivity index (χ0) is 11.6. The molecular weight excluding hydrogens is 230 g/mol. The third-order valence-electron chi connectivity index (χ3n) is 1.70. The van der Waals surface area contributed by atoms with Crippen LogP contribution in [0.4, 0.5) is 14.6 Å². The maximum atomic E-state index is 12.5. The van der Waals surface area contributed by atoms with Gasteiger partial charge >= 0.3 is 5.97 Å². The quantitative estimate of drug-likeness (QED) is 0.798. The number of halogens is 3. The van der Waals surface area contributed by atoms with Gasteiger partial charge in [0.25, 0.3) is 6.43 Å². The van der Waals surface area contributed by atoms with Crippen molar-refractivity contribution in [2.45, 2.75) is 6.43 Å². The number of hydrogen-bond donors (Lipinski definition) is 1. The minimum Gasteiger partial charge on any atom is -0.465 e. The lowest BCUT2D eigenvalue weighted by Crippen LogP contribution is -2.10. The summed E-state index contributed by atoms with van der Waals surface area (Å²) >= 11 is 5.59. The lowest BCUT2D eigenvalue weighted by Gasteiger charge is -2.09. The Morgan fingerprint density at radius 1 is 1.67 bits per heavy atom. The molecule has 0 aliphatic heterocycles. The molecule has 0 aliphatic rings. The Morgan fingerprint density at radius 2 is 2.27 bits per heavy atom. The molecule has 0 saturated heterocycles. The van der Waals surface area contributed by atoms with Crippen LogP contribution in [-0.4, -0.2) is 18.1 Å². The zero-order valence-electron chi connectivity index (χ0n) is 7.63. The summed E-state index contributed by atoms with van der Waals surface area (Å²) < 4.78 is 29.3. The largest absolute Gasteiger partial charge is 0.465 e. The van der Waals surface area contributed by atoms with E-state index in [4.69, 9.17) is 17.3 Å². The zero-order valence-corrected chi connectivity index (χ0v) is 8.39. The van der Waals surface area contributed by atoms with Gasteiger partial charge in [-0.25, -0.2) is 18.6 Å². The van der Waals surface area contributed by atoms with Crippen molar-refractivity contribution < 1.29 is 18.3 Å². The van der Waals surface area contributed by atoms with E-state index in [1.165, 1.54) is 0 Å². The highest BCUT2D eigenvalue weighted by Gasteiger charge is 2.24. The molecule has 4 nitrogen and oxygen atoms in total. The summed E-state index contributed by atoms with van der Waals surface area (Å²) in [5.41, 5.74) is 4.25. The normalized spacial score (nSPS) is 10.5. The third-order valence-corrected chi connectivity index (χ3v) is 2.08. The van der Waals surface area contributed by atoms with Crippen molar-refractivity contribution in [2.24, 2.45) is 0 Å². The van der Waals surface area contributed by atoms with Crippen molar-refractivity contribution in [3.8, 4) is 0 Å². The summed E-state index contributed by atoms with van der Waals surface area (Å²) in [5.74, 6) is -1.16. The van der Waals surface area contributed by atoms with Gasteiger partial charge in [0, 0.05) is 6.20 Å². The van der Waals surface area contributed by atoms with E-state index in [2.05, 4.69) is 9.72 Å². The summed E-state index contributed by atoms with van der Waals surface area (Å²) in [6.45, 7) is 0. The van der Waals surface area contributed by atoms with Gasteiger partial charge in [0.15, 0.2) is 0 Å². The minimum absolute atomic E-state index is 0.193. The predicted octanol–water partition coefficient (Wildman–Crippen LogP) is 2.04. The van der Waals surface area contributed by atoms with E-state index in [1.807, 2.05) is 0 Å². The fourth-order valence-electron chi connectivity index (χ4n) is 0.990. The standard InChI is InChI=1S/C8H7ClF2N2O2/c1-15-8(14)4-3(6(10)11)2-13-7(12)5(4)9/h2,6H,1H3,(H2,12,13). The number of nitrogens with zero attached hydrogens (tertiary/aromatic N) is 1. The number of esters is 1. The van der Waals surface area contributed by atoms with Crippen LogP contribution in [0.25, 0.3) is 0 Å². The average Bonchev–Trinajstić information content (AvgIpc) is 2.20. The van der Waals surface area contributed by atoms with Crippen LogP contribution in [0.5, 0.6) is 0 Å². The summed E-state index contributed by atoms with van der Waals surface area (Å²) in [6.07, 6.45) is -2.07. The Labute approximate surface area is 89.0 Å². The highest BCUT2D eigenvalue weighted by atomic mass is 35.5. The molecule has 0 aliphatic carbocycles. The molecule has 0 unspecified atom stereocenters. The minimum atomic E-state index is -2.87. The lowest BCUT2D eigenvalue weighted by molar-refractivity contribution is 0.0589. The molecule has 1 aromatic rings. The van der Waals surface area contributed by atoms with E-state index in [9.17, 15) is 13.6 Å². The molecule has 0 aromatic carbocycles. The predicted molar refractivity (Wildman–Crippen MR) is 50.0 cm³/mol. The molecule has 0 spiro atoms. The second-order valence-corrected chi connectivity index (χ2v) is 2.96. The summed E-state index contributed by atoms with van der Waals surface area (Å²) in [6, 6.07) is 0. The van der Waals surface area contributed by atoms with Gasteiger partial charge in [-0.05, 0) is 0 Å². The molecule has 1 heterocycles. The van der Waals surface area contributed by atoms with Crippen LogP contribution in [0.2, 0.25) is 5.02 Å². The van der Waals surface area contributed by atoms with Gasteiger partial charge < -0.3 is 10.5 Å². The number of rotatable bonds is 2. The molecule has 0 bridgehead atoms. The van der Waals surface area contributed by atoms with Crippen molar-refractivity contribution in [1.82, 2.24) is 4.98 Å². The van der Waals surface area contributed by atoms with Crippen molar-refractivity contribution in [3.05, 3.63) is 22.3 Å². The maximum Gasteiger partial charge on any atom is 0.340 e. The molecule has 0 radical (unpaired) electrons. The number of alkyl halides is 2. The van der Waals surface area contributed by atoms with Crippen LogP contribution >= 0.6 is 11.6 Å². The molecule has 0 fully saturated rings. The molecular formula is C8H7ClF2N2O2. The van der Waals surface area contributed by atoms with Gasteiger partial charge in [0.2, 0.25) is 0 Å². The molecule has 82 valence electrons. The molecule has 2 N–H and O–H groups in total. The number of ether oxygens (including phenoxy) is 1. The lowest BCUT2D eigenvalue weighted by atomic mass is 10.1. The Balaban J connectivity index is 3.41. The SMILES string of the molecule is COC(=O)c1c(C(F)F)cnc(N)c1Cl. The number of hydrogen-bond acceptors (Lipinski definition) is 4. The Kier molecular flexibility index (Phi) is 3.41. The highest BCUT2D eigenvalue weighted by molar-refractivity contribution is 6.35. The first-order chi connectivity index (χ1) is 6.99. The fraction of sp³-hybridized carbons (Fsp3) is 0.250. The van der Waals surface area contributed by atoms with Gasteiger partial charge in [-0.3, -0.25) is 0 Å². The molecule has 0 atom stereocenters. The van der Waals surface area contributed by atoms with Crippen molar-refractivity contribution in [2.75, 3.05) is 12.8 Å². The second kappa shape index (κ2) is 4.39. The maximum absolute atomic E-state index is 12.5. The summed E-state index contributed by atoms with van der Waals surface area (Å²) in [4.78, 5) is 14.6. The fourth-order valence-corrected chi connectivity index (χ4v) is 1.23. The van der Waals surface area contributed by atoms with Gasteiger partial charge in [0.05, 0.1) is 23.3 Å². The van der Waals surface area contributed by atoms with Crippen molar-refractivity contribution >= 4 is 23.4 Å². The average molecular weight is 237 g/mol. The number of nitrogen functional groups attached to an aromatic ring is 1. The molecule has 1 aromatic heterocycles. The van der Waals surface area contributed by atoms with Crippen LogP contribution in [0.1, 0.15) is 22.3 Å².